The zero-order valence-corrected chi connectivity index (χ0v) is 11.4. The van der Waals surface area contributed by atoms with Crippen LogP contribution in [0.25, 0.3) is 0 Å². The lowest BCUT2D eigenvalue weighted by Crippen LogP contribution is -2.38. The molecular formula is C13H26N2O3. The third-order valence-corrected chi connectivity index (χ3v) is 2.83. The molecule has 0 aromatic rings. The summed E-state index contributed by atoms with van der Waals surface area (Å²) in [4.78, 5) is 21.5. The summed E-state index contributed by atoms with van der Waals surface area (Å²) in [6.07, 6.45) is 4.83. The number of amides is 1. The first-order chi connectivity index (χ1) is 8.43. The van der Waals surface area contributed by atoms with Crippen LogP contribution in [0.3, 0.4) is 0 Å². The van der Waals surface area contributed by atoms with Crippen LogP contribution in [-0.2, 0) is 9.59 Å². The van der Waals surface area contributed by atoms with E-state index in [1.807, 2.05) is 0 Å². The van der Waals surface area contributed by atoms with Crippen LogP contribution in [0.2, 0.25) is 0 Å². The van der Waals surface area contributed by atoms with E-state index in [9.17, 15) is 9.59 Å². The Balaban J connectivity index is 3.64. The molecule has 0 aliphatic rings. The van der Waals surface area contributed by atoms with Gasteiger partial charge in [0.25, 0.3) is 0 Å². The van der Waals surface area contributed by atoms with Crippen molar-refractivity contribution in [2.24, 2.45) is 11.7 Å². The van der Waals surface area contributed by atoms with Gasteiger partial charge in [-0.05, 0) is 25.3 Å². The number of nitrogens with one attached hydrogen (secondary N) is 1. The molecule has 4 N–H and O–H groups in total. The Morgan fingerprint density at radius 2 is 1.83 bits per heavy atom. The van der Waals surface area contributed by atoms with Crippen molar-refractivity contribution < 1.29 is 14.7 Å². The molecule has 0 unspecified atom stereocenters. The van der Waals surface area contributed by atoms with E-state index in [4.69, 9.17) is 10.8 Å². The summed E-state index contributed by atoms with van der Waals surface area (Å²) in [5.41, 5.74) is 5.00. The van der Waals surface area contributed by atoms with Crippen LogP contribution in [0.1, 0.15) is 52.4 Å². The van der Waals surface area contributed by atoms with Gasteiger partial charge in [0.15, 0.2) is 0 Å². The second-order valence-electron chi connectivity index (χ2n) is 5.09. The molecule has 0 saturated heterocycles. The Morgan fingerprint density at radius 3 is 2.33 bits per heavy atom. The maximum absolute atomic E-state index is 10.9. The third-order valence-electron chi connectivity index (χ3n) is 2.83. The molecule has 5 nitrogen and oxygen atoms in total. The van der Waals surface area contributed by atoms with Crippen LogP contribution in [0.15, 0.2) is 0 Å². The lowest BCUT2D eigenvalue weighted by atomic mass is 10.1. The van der Waals surface area contributed by atoms with Gasteiger partial charge in [-0.15, -0.1) is 0 Å². The van der Waals surface area contributed by atoms with Crippen LogP contribution in [0.5, 0.6) is 0 Å². The molecule has 18 heavy (non-hydrogen) atoms. The lowest BCUT2D eigenvalue weighted by Gasteiger charge is -2.13. The molecule has 0 aliphatic carbocycles. The van der Waals surface area contributed by atoms with Crippen LogP contribution < -0.4 is 11.1 Å². The zero-order chi connectivity index (χ0) is 14.0. The van der Waals surface area contributed by atoms with Crippen molar-refractivity contribution in [1.82, 2.24) is 5.32 Å². The van der Waals surface area contributed by atoms with Gasteiger partial charge in [0.2, 0.25) is 5.91 Å². The van der Waals surface area contributed by atoms with Crippen molar-refractivity contribution in [3.05, 3.63) is 0 Å². The van der Waals surface area contributed by atoms with Crippen molar-refractivity contribution in [3.8, 4) is 0 Å². The minimum Gasteiger partial charge on any atom is -0.480 e. The van der Waals surface area contributed by atoms with E-state index in [2.05, 4.69) is 19.2 Å². The average molecular weight is 258 g/mol. The number of carbonyl (C=O) groups excluding carboxylic acids is 1. The fourth-order valence-corrected chi connectivity index (χ4v) is 1.73. The van der Waals surface area contributed by atoms with Gasteiger partial charge >= 0.3 is 5.97 Å². The normalized spacial score (nSPS) is 12.6. The summed E-state index contributed by atoms with van der Waals surface area (Å²) in [7, 11) is 0. The molecule has 0 aromatic heterocycles. The Kier molecular flexibility index (Phi) is 9.28. The van der Waals surface area contributed by atoms with Crippen molar-refractivity contribution in [1.29, 1.82) is 0 Å². The predicted molar refractivity (Wildman–Crippen MR) is 71.2 cm³/mol. The zero-order valence-electron chi connectivity index (χ0n) is 11.4. The fourth-order valence-electron chi connectivity index (χ4n) is 1.73. The van der Waals surface area contributed by atoms with Gasteiger partial charge in [-0.25, -0.2) is 0 Å². The second-order valence-corrected chi connectivity index (χ2v) is 5.09. The van der Waals surface area contributed by atoms with Crippen molar-refractivity contribution in [2.45, 2.75) is 58.4 Å². The van der Waals surface area contributed by atoms with Crippen LogP contribution >= 0.6 is 0 Å². The average Bonchev–Trinajstić information content (AvgIpc) is 2.25. The number of unbranched alkanes of at least 4 members (excludes halogenated alkanes) is 2. The summed E-state index contributed by atoms with van der Waals surface area (Å²) in [5, 5.41) is 11.9. The van der Waals surface area contributed by atoms with Crippen LogP contribution in [0.4, 0.5) is 0 Å². The van der Waals surface area contributed by atoms with E-state index in [-0.39, 0.29) is 12.8 Å². The van der Waals surface area contributed by atoms with Crippen molar-refractivity contribution in [2.75, 3.05) is 6.54 Å². The highest BCUT2D eigenvalue weighted by Crippen LogP contribution is 2.07. The van der Waals surface area contributed by atoms with E-state index < -0.39 is 17.9 Å². The highest BCUT2D eigenvalue weighted by atomic mass is 16.4. The predicted octanol–water partition coefficient (Wildman–Crippen LogP) is 1.51. The maximum Gasteiger partial charge on any atom is 0.320 e. The quantitative estimate of drug-likeness (QED) is 0.490. The first kappa shape index (κ1) is 16.9. The van der Waals surface area contributed by atoms with Gasteiger partial charge < -0.3 is 16.2 Å². The molecule has 0 aromatic carbocycles. The molecule has 106 valence electrons. The number of primary amides is 1. The topological polar surface area (TPSA) is 92.4 Å². The summed E-state index contributed by atoms with van der Waals surface area (Å²) in [6, 6.07) is -0.664. The maximum atomic E-state index is 10.9. The first-order valence-corrected chi connectivity index (χ1v) is 6.68. The van der Waals surface area contributed by atoms with Crippen LogP contribution in [0, 0.1) is 5.92 Å². The number of rotatable bonds is 11. The van der Waals surface area contributed by atoms with Gasteiger partial charge in [-0.2, -0.15) is 0 Å². The minimum atomic E-state index is -0.918. The molecule has 1 amide bonds. The SMILES string of the molecule is CC(C)CCCCCN[C@@H](CCC(N)=O)C(=O)O. The molecule has 0 aliphatic heterocycles. The molecule has 0 radical (unpaired) electrons. The van der Waals surface area contributed by atoms with E-state index in [0.29, 0.717) is 6.54 Å². The van der Waals surface area contributed by atoms with Crippen LogP contribution in [-0.4, -0.2) is 29.6 Å². The van der Waals surface area contributed by atoms with Crippen molar-refractivity contribution >= 4 is 11.9 Å². The summed E-state index contributed by atoms with van der Waals surface area (Å²) in [6.45, 7) is 5.07. The second kappa shape index (κ2) is 9.88. The van der Waals surface area contributed by atoms with E-state index in [1.54, 1.807) is 0 Å². The number of nitrogens with two attached hydrogens (primary N) is 1. The summed E-state index contributed by atoms with van der Waals surface area (Å²) < 4.78 is 0. The summed E-state index contributed by atoms with van der Waals surface area (Å²) in [5.74, 6) is -0.654. The highest BCUT2D eigenvalue weighted by Gasteiger charge is 2.16. The molecule has 0 rings (SSSR count). The Hall–Kier alpha value is -1.10. The molecule has 0 fully saturated rings. The number of carboxylic acids is 1. The number of aliphatic carboxylic acids is 1. The number of carbonyl (C=O) groups is 2. The molecular weight excluding hydrogens is 232 g/mol. The Labute approximate surface area is 109 Å². The van der Waals surface area contributed by atoms with E-state index in [1.165, 1.54) is 12.8 Å². The molecule has 5 heteroatoms. The van der Waals surface area contributed by atoms with Gasteiger partial charge in [0, 0.05) is 6.42 Å². The molecule has 0 heterocycles. The molecule has 0 saturated carbocycles. The van der Waals surface area contributed by atoms with E-state index in [0.717, 1.165) is 18.8 Å². The molecule has 1 atom stereocenters. The summed E-state index contributed by atoms with van der Waals surface area (Å²) >= 11 is 0. The van der Waals surface area contributed by atoms with Crippen molar-refractivity contribution in [3.63, 3.8) is 0 Å². The Bertz CT molecular complexity index is 255. The van der Waals surface area contributed by atoms with Gasteiger partial charge in [-0.3, -0.25) is 9.59 Å². The van der Waals surface area contributed by atoms with Gasteiger partial charge in [0.05, 0.1) is 0 Å². The lowest BCUT2D eigenvalue weighted by molar-refractivity contribution is -0.139. The number of hydrogen-bond acceptors (Lipinski definition) is 3. The minimum absolute atomic E-state index is 0.108. The molecule has 0 spiro atoms. The Morgan fingerprint density at radius 1 is 1.17 bits per heavy atom. The largest absolute Gasteiger partial charge is 0.480 e. The van der Waals surface area contributed by atoms with E-state index >= 15 is 0 Å². The van der Waals surface area contributed by atoms with Gasteiger partial charge in [0.1, 0.15) is 6.04 Å². The molecule has 0 bridgehead atoms. The number of hydrogen-bond donors (Lipinski definition) is 3. The standard InChI is InChI=1S/C13H26N2O3/c1-10(2)6-4-3-5-9-15-11(13(17)18)7-8-12(14)16/h10-11,15H,3-9H2,1-2H3,(H2,14,16)(H,17,18)/t11-/m0/s1. The number of carboxylic acid groups (broad SMARTS) is 1. The highest BCUT2D eigenvalue weighted by molar-refractivity contribution is 5.77. The van der Waals surface area contributed by atoms with Gasteiger partial charge in [-0.1, -0.05) is 33.1 Å². The first-order valence-electron chi connectivity index (χ1n) is 6.68. The fraction of sp³-hybridized carbons (Fsp3) is 0.846. The smallest absolute Gasteiger partial charge is 0.320 e. The third kappa shape index (κ3) is 10.1. The monoisotopic (exact) mass is 258 g/mol.